The molecule has 0 aliphatic rings. The van der Waals surface area contributed by atoms with Gasteiger partial charge in [-0.25, -0.2) is 13.1 Å². The van der Waals surface area contributed by atoms with Crippen molar-refractivity contribution in [1.29, 1.82) is 0 Å². The van der Waals surface area contributed by atoms with Crippen molar-refractivity contribution in [1.82, 2.24) is 4.72 Å². The highest BCUT2D eigenvalue weighted by atomic mass is 35.5. The maximum Gasteiger partial charge on any atom is 0.240 e. The predicted octanol–water partition coefficient (Wildman–Crippen LogP) is 1.08. The summed E-state index contributed by atoms with van der Waals surface area (Å²) in [6.07, 6.45) is 0.573. The largest absolute Gasteiger partial charge is 0.328 e. The van der Waals surface area contributed by atoms with E-state index in [1.165, 1.54) is 19.1 Å². The molecule has 114 valence electrons. The molecule has 0 radical (unpaired) electrons. The first kappa shape index (κ1) is 18.9. The summed E-state index contributed by atoms with van der Waals surface area (Å²) in [5, 5.41) is 2.57. The van der Waals surface area contributed by atoms with Crippen molar-refractivity contribution in [3.63, 3.8) is 0 Å². The summed E-state index contributed by atoms with van der Waals surface area (Å²) in [4.78, 5) is 11.0. The maximum atomic E-state index is 11.9. The Balaban J connectivity index is 0.00000361. The molecule has 0 saturated heterocycles. The van der Waals surface area contributed by atoms with E-state index < -0.39 is 10.0 Å². The highest BCUT2D eigenvalue weighted by molar-refractivity contribution is 7.89. The van der Waals surface area contributed by atoms with E-state index in [2.05, 4.69) is 10.0 Å². The van der Waals surface area contributed by atoms with Crippen LogP contribution >= 0.6 is 12.4 Å². The molecule has 1 atom stereocenters. The Morgan fingerprint density at radius 3 is 2.30 bits per heavy atom. The lowest BCUT2D eigenvalue weighted by atomic mass is 10.3. The Labute approximate surface area is 125 Å². The fourth-order valence-electron chi connectivity index (χ4n) is 1.42. The molecule has 0 aliphatic carbocycles. The summed E-state index contributed by atoms with van der Waals surface area (Å²) >= 11 is 0. The molecule has 8 heteroatoms. The Morgan fingerprint density at radius 1 is 1.30 bits per heavy atom. The summed E-state index contributed by atoms with van der Waals surface area (Å²) in [6, 6.07) is 5.92. The second-order valence-electron chi connectivity index (χ2n) is 4.37. The van der Waals surface area contributed by atoms with Crippen LogP contribution in [0.5, 0.6) is 0 Å². The van der Waals surface area contributed by atoms with Crippen molar-refractivity contribution in [2.24, 2.45) is 5.73 Å². The molecule has 1 aromatic carbocycles. The molecule has 4 N–H and O–H groups in total. The van der Waals surface area contributed by atoms with E-state index in [0.29, 0.717) is 18.7 Å². The highest BCUT2D eigenvalue weighted by Gasteiger charge is 2.13. The summed E-state index contributed by atoms with van der Waals surface area (Å²) in [5.41, 5.74) is 6.11. The first-order valence-electron chi connectivity index (χ1n) is 5.94. The fraction of sp³-hybridized carbons (Fsp3) is 0.417. The van der Waals surface area contributed by atoms with Gasteiger partial charge in [0.1, 0.15) is 0 Å². The topological polar surface area (TPSA) is 101 Å². The normalized spacial score (nSPS) is 12.3. The number of sulfonamides is 1. The van der Waals surface area contributed by atoms with Gasteiger partial charge in [-0.15, -0.1) is 12.4 Å². The number of rotatable bonds is 6. The number of hydrogen-bond donors (Lipinski definition) is 3. The summed E-state index contributed by atoms with van der Waals surface area (Å²) < 4.78 is 26.3. The average Bonchev–Trinajstić information content (AvgIpc) is 2.28. The first-order valence-corrected chi connectivity index (χ1v) is 7.42. The van der Waals surface area contributed by atoms with E-state index >= 15 is 0 Å². The molecule has 6 nitrogen and oxygen atoms in total. The van der Waals surface area contributed by atoms with Gasteiger partial charge in [0.2, 0.25) is 15.9 Å². The second kappa shape index (κ2) is 8.21. The number of carbonyl (C=O) groups is 1. The van der Waals surface area contributed by atoms with Crippen LogP contribution in [0.1, 0.15) is 20.3 Å². The Morgan fingerprint density at radius 2 is 1.85 bits per heavy atom. The maximum absolute atomic E-state index is 11.9. The van der Waals surface area contributed by atoms with Crippen molar-refractivity contribution in [3.8, 4) is 0 Å². The summed E-state index contributed by atoms with van der Waals surface area (Å²) in [5.74, 6) is -0.203. The van der Waals surface area contributed by atoms with Crippen LogP contribution < -0.4 is 15.8 Å². The average molecular weight is 322 g/mol. The second-order valence-corrected chi connectivity index (χ2v) is 6.14. The monoisotopic (exact) mass is 321 g/mol. The number of benzene rings is 1. The van der Waals surface area contributed by atoms with E-state index in [1.54, 1.807) is 12.1 Å². The molecule has 0 heterocycles. The van der Waals surface area contributed by atoms with Gasteiger partial charge in [-0.1, -0.05) is 0 Å². The molecular weight excluding hydrogens is 302 g/mol. The van der Waals surface area contributed by atoms with Gasteiger partial charge in [0.25, 0.3) is 0 Å². The van der Waals surface area contributed by atoms with E-state index in [0.717, 1.165) is 0 Å². The van der Waals surface area contributed by atoms with Crippen LogP contribution in [0.2, 0.25) is 0 Å². The molecule has 0 fully saturated rings. The van der Waals surface area contributed by atoms with Crippen molar-refractivity contribution in [2.75, 3.05) is 11.9 Å². The minimum absolute atomic E-state index is 0. The third-order valence-electron chi connectivity index (χ3n) is 2.38. The Bertz CT molecular complexity index is 529. The molecule has 0 spiro atoms. The lowest BCUT2D eigenvalue weighted by Crippen LogP contribution is -2.29. The Hall–Kier alpha value is -1.15. The van der Waals surface area contributed by atoms with Crippen LogP contribution in [0, 0.1) is 0 Å². The zero-order valence-electron chi connectivity index (χ0n) is 11.4. The Kier molecular flexibility index (Phi) is 7.74. The molecule has 0 bridgehead atoms. The molecule has 1 unspecified atom stereocenters. The molecule has 1 aromatic rings. The molecule has 20 heavy (non-hydrogen) atoms. The lowest BCUT2D eigenvalue weighted by molar-refractivity contribution is -0.114. The molecule has 1 amide bonds. The number of anilines is 1. The summed E-state index contributed by atoms with van der Waals surface area (Å²) in [7, 11) is -3.52. The molecule has 0 saturated carbocycles. The van der Waals surface area contributed by atoms with Crippen LogP contribution in [0.15, 0.2) is 29.2 Å². The van der Waals surface area contributed by atoms with Crippen molar-refractivity contribution in [2.45, 2.75) is 31.2 Å². The van der Waals surface area contributed by atoms with E-state index in [4.69, 9.17) is 5.73 Å². The fourth-order valence-corrected chi connectivity index (χ4v) is 2.47. The van der Waals surface area contributed by atoms with Crippen LogP contribution in [-0.2, 0) is 14.8 Å². The van der Waals surface area contributed by atoms with Gasteiger partial charge >= 0.3 is 0 Å². The number of halogens is 1. The molecular formula is C12H20ClN3O3S. The third-order valence-corrected chi connectivity index (χ3v) is 3.85. The van der Waals surface area contributed by atoms with Crippen molar-refractivity contribution < 1.29 is 13.2 Å². The van der Waals surface area contributed by atoms with Gasteiger partial charge in [0, 0.05) is 25.2 Å². The van der Waals surface area contributed by atoms with E-state index in [1.807, 2.05) is 6.92 Å². The van der Waals surface area contributed by atoms with Crippen LogP contribution in [0.4, 0.5) is 5.69 Å². The lowest BCUT2D eigenvalue weighted by Gasteiger charge is -2.09. The number of carbonyl (C=O) groups excluding carboxylic acids is 1. The number of nitrogens with one attached hydrogen (secondary N) is 2. The van der Waals surface area contributed by atoms with Crippen molar-refractivity contribution in [3.05, 3.63) is 24.3 Å². The number of amides is 1. The smallest absolute Gasteiger partial charge is 0.240 e. The van der Waals surface area contributed by atoms with E-state index in [-0.39, 0.29) is 29.3 Å². The van der Waals surface area contributed by atoms with Crippen LogP contribution in [0.3, 0.4) is 0 Å². The quantitative estimate of drug-likeness (QED) is 0.729. The molecule has 1 rings (SSSR count). The van der Waals surface area contributed by atoms with Gasteiger partial charge in [-0.3, -0.25) is 4.79 Å². The van der Waals surface area contributed by atoms with Crippen LogP contribution in [0.25, 0.3) is 0 Å². The van der Waals surface area contributed by atoms with E-state index in [9.17, 15) is 13.2 Å². The van der Waals surface area contributed by atoms with Gasteiger partial charge < -0.3 is 11.1 Å². The SMILES string of the molecule is CC(=O)Nc1ccc(S(=O)(=O)NCCC(C)N)cc1.Cl. The minimum atomic E-state index is -3.52. The minimum Gasteiger partial charge on any atom is -0.328 e. The zero-order chi connectivity index (χ0) is 14.5. The highest BCUT2D eigenvalue weighted by Crippen LogP contribution is 2.13. The van der Waals surface area contributed by atoms with Gasteiger partial charge in [-0.05, 0) is 37.6 Å². The predicted molar refractivity (Wildman–Crippen MR) is 81.4 cm³/mol. The number of hydrogen-bond acceptors (Lipinski definition) is 4. The third kappa shape index (κ3) is 6.33. The van der Waals surface area contributed by atoms with Crippen LogP contribution in [-0.4, -0.2) is 26.9 Å². The molecule has 0 aromatic heterocycles. The van der Waals surface area contributed by atoms with Crippen molar-refractivity contribution >= 4 is 34.0 Å². The standard InChI is InChI=1S/C12H19N3O3S.ClH/c1-9(13)7-8-14-19(17,18)12-5-3-11(4-6-12)15-10(2)16;/h3-6,9,14H,7-8,13H2,1-2H3,(H,15,16);1H. The van der Waals surface area contributed by atoms with Gasteiger partial charge in [0.15, 0.2) is 0 Å². The van der Waals surface area contributed by atoms with Gasteiger partial charge in [0.05, 0.1) is 4.90 Å². The first-order chi connectivity index (χ1) is 8.81. The zero-order valence-corrected chi connectivity index (χ0v) is 13.1. The molecule has 0 aliphatic heterocycles. The van der Waals surface area contributed by atoms with Gasteiger partial charge in [-0.2, -0.15) is 0 Å². The number of nitrogens with two attached hydrogens (primary N) is 1. The summed E-state index contributed by atoms with van der Waals surface area (Å²) in [6.45, 7) is 3.50.